The van der Waals surface area contributed by atoms with Gasteiger partial charge in [0.1, 0.15) is 11.6 Å². The molecule has 0 bridgehead atoms. The number of ether oxygens (including phenoxy) is 1. The lowest BCUT2D eigenvalue weighted by molar-refractivity contribution is 0.123. The number of methoxy groups -OCH3 is 1. The molecule has 2 aliphatic heterocycles. The normalized spacial score (nSPS) is 24.3. The van der Waals surface area contributed by atoms with Gasteiger partial charge in [-0.1, -0.05) is 11.6 Å². The molecule has 3 heterocycles. The Labute approximate surface area is 139 Å². The Bertz CT molecular complexity index is 833. The van der Waals surface area contributed by atoms with Crippen LogP contribution in [0.15, 0.2) is 16.9 Å². The molecule has 6 heteroatoms. The van der Waals surface area contributed by atoms with E-state index in [-0.39, 0.29) is 5.56 Å². The van der Waals surface area contributed by atoms with Gasteiger partial charge in [-0.2, -0.15) is 0 Å². The highest BCUT2D eigenvalue weighted by Crippen LogP contribution is 2.37. The molecule has 1 fully saturated rings. The third-order valence-corrected chi connectivity index (χ3v) is 5.59. The van der Waals surface area contributed by atoms with Crippen LogP contribution in [0.3, 0.4) is 0 Å². The van der Waals surface area contributed by atoms with E-state index in [4.69, 9.17) is 21.3 Å². The number of aromatic nitrogens is 2. The molecular formula is C17H20ClN3O2. The van der Waals surface area contributed by atoms with Crippen LogP contribution in [0.1, 0.15) is 31.0 Å². The van der Waals surface area contributed by atoms with E-state index in [1.807, 2.05) is 4.57 Å². The third kappa shape index (κ3) is 2.25. The average molecular weight is 334 g/mol. The summed E-state index contributed by atoms with van der Waals surface area (Å²) in [5.74, 6) is 1.82. The summed E-state index contributed by atoms with van der Waals surface area (Å²) in [6.07, 6.45) is 3.25. The number of likely N-dealkylation sites (tertiary alicyclic amines) is 1. The summed E-state index contributed by atoms with van der Waals surface area (Å²) in [5, 5.41) is 1.02. The van der Waals surface area contributed by atoms with Gasteiger partial charge in [0.25, 0.3) is 5.56 Å². The van der Waals surface area contributed by atoms with Crippen molar-refractivity contribution >= 4 is 22.5 Å². The van der Waals surface area contributed by atoms with Crippen molar-refractivity contribution < 1.29 is 4.74 Å². The summed E-state index contributed by atoms with van der Waals surface area (Å²) in [4.78, 5) is 20.1. The van der Waals surface area contributed by atoms with Crippen molar-refractivity contribution in [2.24, 2.45) is 0 Å². The first-order chi connectivity index (χ1) is 11.1. The van der Waals surface area contributed by atoms with Crippen LogP contribution < -0.4 is 10.3 Å². The minimum Gasteiger partial charge on any atom is -0.495 e. The molecule has 1 aromatic heterocycles. The van der Waals surface area contributed by atoms with Gasteiger partial charge in [-0.05, 0) is 38.9 Å². The molecule has 0 amide bonds. The molecule has 0 saturated carbocycles. The van der Waals surface area contributed by atoms with Gasteiger partial charge in [-0.25, -0.2) is 4.98 Å². The van der Waals surface area contributed by atoms with E-state index >= 15 is 0 Å². The Hall–Kier alpha value is -1.59. The minimum atomic E-state index is 0.0150. The van der Waals surface area contributed by atoms with Crippen molar-refractivity contribution in [1.29, 1.82) is 0 Å². The highest BCUT2D eigenvalue weighted by Gasteiger charge is 2.36. The molecule has 4 rings (SSSR count). The molecule has 1 aromatic carbocycles. The van der Waals surface area contributed by atoms with Crippen LogP contribution in [-0.2, 0) is 6.54 Å². The first-order valence-electron chi connectivity index (χ1n) is 8.08. The summed E-state index contributed by atoms with van der Waals surface area (Å²) >= 11 is 6.18. The smallest absolute Gasteiger partial charge is 0.261 e. The number of likely N-dealkylation sites (N-methyl/N-ethyl adjacent to an activating group) is 1. The summed E-state index contributed by atoms with van der Waals surface area (Å²) < 4.78 is 7.12. The number of hydrogen-bond donors (Lipinski definition) is 0. The lowest BCUT2D eigenvalue weighted by atomic mass is 9.84. The van der Waals surface area contributed by atoms with Crippen molar-refractivity contribution in [3.05, 3.63) is 33.3 Å². The Morgan fingerprint density at radius 3 is 2.91 bits per heavy atom. The quantitative estimate of drug-likeness (QED) is 0.805. The predicted octanol–water partition coefficient (Wildman–Crippen LogP) is 2.64. The molecule has 0 unspecified atom stereocenters. The van der Waals surface area contributed by atoms with Gasteiger partial charge in [-0.3, -0.25) is 9.36 Å². The summed E-state index contributed by atoms with van der Waals surface area (Å²) in [7, 11) is 3.75. The van der Waals surface area contributed by atoms with E-state index in [9.17, 15) is 4.79 Å². The maximum atomic E-state index is 12.9. The van der Waals surface area contributed by atoms with Crippen LogP contribution in [0.5, 0.6) is 5.75 Å². The van der Waals surface area contributed by atoms with Crippen LogP contribution in [0.25, 0.3) is 10.9 Å². The zero-order valence-electron chi connectivity index (χ0n) is 13.4. The van der Waals surface area contributed by atoms with Crippen molar-refractivity contribution in [3.8, 4) is 5.75 Å². The van der Waals surface area contributed by atoms with Gasteiger partial charge < -0.3 is 9.64 Å². The molecule has 2 aromatic rings. The van der Waals surface area contributed by atoms with E-state index in [0.29, 0.717) is 33.6 Å². The van der Waals surface area contributed by atoms with Crippen molar-refractivity contribution in [2.45, 2.75) is 37.8 Å². The molecule has 5 nitrogen and oxygen atoms in total. The van der Waals surface area contributed by atoms with E-state index in [1.165, 1.54) is 0 Å². The molecule has 0 spiro atoms. The van der Waals surface area contributed by atoms with Crippen LogP contribution in [0.4, 0.5) is 0 Å². The number of fused-ring (bicyclic) bond motifs is 4. The highest BCUT2D eigenvalue weighted by molar-refractivity contribution is 6.32. The van der Waals surface area contributed by atoms with Gasteiger partial charge in [0.15, 0.2) is 0 Å². The molecule has 2 aliphatic rings. The zero-order valence-corrected chi connectivity index (χ0v) is 14.1. The standard InChI is InChI=1S/C17H20ClN3O2/c1-20-6-3-4-10-14(20)5-7-21-16(10)19-13-9-15(23-2)12(18)8-11(13)17(21)22/h8-10,14H,3-7H2,1-2H3/t10-,14+/m0/s1. The summed E-state index contributed by atoms with van der Waals surface area (Å²) in [6.45, 7) is 1.86. The Kier molecular flexibility index (Phi) is 3.58. The van der Waals surface area contributed by atoms with Crippen LogP contribution in [-0.4, -0.2) is 41.2 Å². The minimum absolute atomic E-state index is 0.0150. The molecule has 1 saturated heterocycles. The largest absolute Gasteiger partial charge is 0.495 e. The van der Waals surface area contributed by atoms with Crippen LogP contribution in [0.2, 0.25) is 5.02 Å². The van der Waals surface area contributed by atoms with Gasteiger partial charge in [0.05, 0.1) is 23.0 Å². The number of benzene rings is 1. The fourth-order valence-corrected chi connectivity index (χ4v) is 4.35. The van der Waals surface area contributed by atoms with Crippen LogP contribution >= 0.6 is 11.6 Å². The molecule has 122 valence electrons. The Morgan fingerprint density at radius 1 is 1.30 bits per heavy atom. The third-order valence-electron chi connectivity index (χ3n) is 5.29. The fraction of sp³-hybridized carbons (Fsp3) is 0.529. The number of hydrogen-bond acceptors (Lipinski definition) is 4. The van der Waals surface area contributed by atoms with Gasteiger partial charge in [0, 0.05) is 24.6 Å². The number of halogens is 1. The number of nitrogens with zero attached hydrogens (tertiary/aromatic N) is 3. The topological polar surface area (TPSA) is 47.4 Å². The second-order valence-corrected chi connectivity index (χ2v) is 6.92. The maximum Gasteiger partial charge on any atom is 0.261 e. The summed E-state index contributed by atoms with van der Waals surface area (Å²) in [5.41, 5.74) is 0.692. The molecule has 0 aliphatic carbocycles. The molecule has 2 atom stereocenters. The first kappa shape index (κ1) is 15.0. The number of piperidine rings is 1. The lowest BCUT2D eigenvalue weighted by Gasteiger charge is -2.42. The van der Waals surface area contributed by atoms with Crippen molar-refractivity contribution in [1.82, 2.24) is 14.5 Å². The Morgan fingerprint density at radius 2 is 2.13 bits per heavy atom. The number of rotatable bonds is 1. The van der Waals surface area contributed by atoms with E-state index in [2.05, 4.69) is 11.9 Å². The molecular weight excluding hydrogens is 314 g/mol. The molecule has 0 N–H and O–H groups in total. The highest BCUT2D eigenvalue weighted by atomic mass is 35.5. The predicted molar refractivity (Wildman–Crippen MR) is 90.6 cm³/mol. The zero-order chi connectivity index (χ0) is 16.1. The first-order valence-corrected chi connectivity index (χ1v) is 8.46. The molecule has 23 heavy (non-hydrogen) atoms. The molecule has 0 radical (unpaired) electrons. The summed E-state index contributed by atoms with van der Waals surface area (Å²) in [6, 6.07) is 3.94. The van der Waals surface area contributed by atoms with Gasteiger partial charge in [0.2, 0.25) is 0 Å². The van der Waals surface area contributed by atoms with E-state index in [0.717, 1.165) is 38.2 Å². The lowest BCUT2D eigenvalue weighted by Crippen LogP contribution is -2.47. The Balaban J connectivity index is 1.94. The van der Waals surface area contributed by atoms with E-state index in [1.54, 1.807) is 19.2 Å². The van der Waals surface area contributed by atoms with Gasteiger partial charge >= 0.3 is 0 Å². The fourth-order valence-electron chi connectivity index (χ4n) is 4.11. The second-order valence-electron chi connectivity index (χ2n) is 6.52. The maximum absolute atomic E-state index is 12.9. The van der Waals surface area contributed by atoms with E-state index < -0.39 is 0 Å². The van der Waals surface area contributed by atoms with Gasteiger partial charge in [-0.15, -0.1) is 0 Å². The second kappa shape index (κ2) is 5.49. The SMILES string of the molecule is COc1cc2nc3n(c(=O)c2cc1Cl)CC[C@@H]1[C@@H]3CCCN1C. The van der Waals surface area contributed by atoms with Crippen molar-refractivity contribution in [2.75, 3.05) is 20.7 Å². The average Bonchev–Trinajstić information content (AvgIpc) is 2.55. The van der Waals surface area contributed by atoms with Crippen molar-refractivity contribution in [3.63, 3.8) is 0 Å². The van der Waals surface area contributed by atoms with Crippen LogP contribution in [0, 0.1) is 0 Å². The monoisotopic (exact) mass is 333 g/mol.